The number of halogens is 1. The molecule has 0 aromatic heterocycles. The van der Waals surface area contributed by atoms with Crippen LogP contribution in [0.25, 0.3) is 0 Å². The third-order valence-corrected chi connectivity index (χ3v) is 3.81. The van der Waals surface area contributed by atoms with Crippen LogP contribution in [-0.4, -0.2) is 29.6 Å². The summed E-state index contributed by atoms with van der Waals surface area (Å²) in [6.07, 6.45) is 4.05. The molecule has 1 atom stereocenters. The summed E-state index contributed by atoms with van der Waals surface area (Å²) in [7, 11) is 0. The molecule has 2 heterocycles. The summed E-state index contributed by atoms with van der Waals surface area (Å²) >= 11 is 2.23. The summed E-state index contributed by atoms with van der Waals surface area (Å²) in [4.78, 5) is 18.7. The van der Waals surface area contributed by atoms with Crippen molar-refractivity contribution in [1.82, 2.24) is 4.90 Å². The van der Waals surface area contributed by atoms with E-state index in [-0.39, 0.29) is 11.9 Å². The van der Waals surface area contributed by atoms with Crippen LogP contribution in [0.5, 0.6) is 0 Å². The molecule has 0 aliphatic carbocycles. The molecule has 0 spiro atoms. The number of hydrogen-bond donors (Lipinski definition) is 0. The van der Waals surface area contributed by atoms with Gasteiger partial charge in [-0.25, -0.2) is 0 Å². The number of nitrogens with zero attached hydrogens (tertiary/aromatic N) is 2. The van der Waals surface area contributed by atoms with Crippen molar-refractivity contribution in [2.75, 3.05) is 6.54 Å². The highest BCUT2D eigenvalue weighted by atomic mass is 127. The summed E-state index contributed by atoms with van der Waals surface area (Å²) in [5.41, 5.74) is 1.55. The second kappa shape index (κ2) is 3.84. The first-order valence-electron chi connectivity index (χ1n) is 5.40. The lowest BCUT2D eigenvalue weighted by molar-refractivity contribution is 0.0775. The van der Waals surface area contributed by atoms with Crippen molar-refractivity contribution in [3.05, 3.63) is 27.3 Å². The van der Waals surface area contributed by atoms with Crippen LogP contribution in [0, 0.1) is 3.57 Å². The quantitative estimate of drug-likeness (QED) is 0.675. The predicted molar refractivity (Wildman–Crippen MR) is 71.4 cm³/mol. The minimum atomic E-state index is 0.133. The average Bonchev–Trinajstić information content (AvgIpc) is 2.70. The molecule has 0 N–H and O–H groups in total. The van der Waals surface area contributed by atoms with E-state index in [1.54, 1.807) is 0 Å². The number of rotatable bonds is 0. The summed E-state index contributed by atoms with van der Waals surface area (Å²) in [6, 6.07) is 6.04. The maximum atomic E-state index is 12.3. The van der Waals surface area contributed by atoms with E-state index in [9.17, 15) is 4.79 Å². The van der Waals surface area contributed by atoms with Crippen LogP contribution < -0.4 is 0 Å². The zero-order valence-electron chi connectivity index (χ0n) is 8.69. The molecule has 0 radical (unpaired) electrons. The molecule has 3 nitrogen and oxygen atoms in total. The Morgan fingerprint density at radius 2 is 2.31 bits per heavy atom. The number of amides is 1. The van der Waals surface area contributed by atoms with Crippen molar-refractivity contribution in [3.63, 3.8) is 0 Å². The van der Waals surface area contributed by atoms with Crippen molar-refractivity contribution < 1.29 is 4.79 Å². The van der Waals surface area contributed by atoms with E-state index in [1.165, 1.54) is 0 Å². The summed E-state index contributed by atoms with van der Waals surface area (Å²) in [6.45, 7) is 0.862. The lowest BCUT2D eigenvalue weighted by atomic mass is 10.1. The van der Waals surface area contributed by atoms with Crippen molar-refractivity contribution in [3.8, 4) is 0 Å². The first-order chi connectivity index (χ1) is 7.75. The molecule has 3 rings (SSSR count). The summed E-state index contributed by atoms with van der Waals surface area (Å²) < 4.78 is 1.08. The Labute approximate surface area is 108 Å². The molecule has 82 valence electrons. The van der Waals surface area contributed by atoms with Gasteiger partial charge in [-0.15, -0.1) is 0 Å². The minimum absolute atomic E-state index is 0.133. The second-order valence-corrected chi connectivity index (χ2v) is 5.39. The Bertz CT molecular complexity index is 484. The van der Waals surface area contributed by atoms with Gasteiger partial charge in [-0.3, -0.25) is 9.79 Å². The topological polar surface area (TPSA) is 32.7 Å². The van der Waals surface area contributed by atoms with Gasteiger partial charge in [-0.1, -0.05) is 0 Å². The van der Waals surface area contributed by atoms with Gasteiger partial charge < -0.3 is 4.90 Å². The molecular formula is C12H11IN2O. The van der Waals surface area contributed by atoms with Crippen LogP contribution in [0.15, 0.2) is 23.2 Å². The molecule has 1 saturated heterocycles. The van der Waals surface area contributed by atoms with Gasteiger partial charge >= 0.3 is 0 Å². The van der Waals surface area contributed by atoms with Gasteiger partial charge in [0.1, 0.15) is 0 Å². The molecule has 1 fully saturated rings. The van der Waals surface area contributed by atoms with Crippen molar-refractivity contribution in [1.29, 1.82) is 0 Å². The van der Waals surface area contributed by atoms with Gasteiger partial charge in [-0.2, -0.15) is 0 Å². The van der Waals surface area contributed by atoms with Crippen LogP contribution in [0.1, 0.15) is 23.2 Å². The van der Waals surface area contributed by atoms with Crippen LogP contribution in [0.2, 0.25) is 0 Å². The second-order valence-electron chi connectivity index (χ2n) is 4.15. The number of carbonyl (C=O) groups is 1. The minimum Gasteiger partial charge on any atom is -0.331 e. The third kappa shape index (κ3) is 1.55. The van der Waals surface area contributed by atoms with Crippen LogP contribution >= 0.6 is 22.6 Å². The van der Waals surface area contributed by atoms with E-state index in [0.29, 0.717) is 0 Å². The molecule has 2 aliphatic heterocycles. The molecule has 1 amide bonds. The first kappa shape index (κ1) is 10.3. The fourth-order valence-electron chi connectivity index (χ4n) is 2.31. The van der Waals surface area contributed by atoms with Crippen molar-refractivity contribution in [2.45, 2.75) is 18.9 Å². The SMILES string of the molecule is O=C1c2cc(I)ccc2N=C[C@@H]2CCCN12. The molecule has 2 aliphatic rings. The smallest absolute Gasteiger partial charge is 0.256 e. The Morgan fingerprint density at radius 3 is 3.19 bits per heavy atom. The summed E-state index contributed by atoms with van der Waals surface area (Å²) in [5.74, 6) is 0.133. The van der Waals surface area contributed by atoms with Crippen LogP contribution in [0.3, 0.4) is 0 Å². The zero-order chi connectivity index (χ0) is 11.1. The van der Waals surface area contributed by atoms with Gasteiger partial charge in [0, 0.05) is 16.3 Å². The lowest BCUT2D eigenvalue weighted by Gasteiger charge is -2.19. The molecule has 0 unspecified atom stereocenters. The van der Waals surface area contributed by atoms with E-state index >= 15 is 0 Å². The predicted octanol–water partition coefficient (Wildman–Crippen LogP) is 2.61. The highest BCUT2D eigenvalue weighted by Gasteiger charge is 2.31. The summed E-state index contributed by atoms with van der Waals surface area (Å²) in [5, 5.41) is 0. The normalized spacial score (nSPS) is 22.9. The Morgan fingerprint density at radius 1 is 1.44 bits per heavy atom. The Kier molecular flexibility index (Phi) is 2.46. The van der Waals surface area contributed by atoms with Crippen molar-refractivity contribution in [2.24, 2.45) is 4.99 Å². The molecule has 0 saturated carbocycles. The van der Waals surface area contributed by atoms with Crippen LogP contribution in [-0.2, 0) is 0 Å². The molecule has 1 aromatic carbocycles. The number of fused-ring (bicyclic) bond motifs is 2. The average molecular weight is 326 g/mol. The maximum absolute atomic E-state index is 12.3. The highest BCUT2D eigenvalue weighted by molar-refractivity contribution is 14.1. The van der Waals surface area contributed by atoms with Gasteiger partial charge in [0.2, 0.25) is 0 Å². The van der Waals surface area contributed by atoms with Crippen LogP contribution in [0.4, 0.5) is 5.69 Å². The van der Waals surface area contributed by atoms with E-state index < -0.39 is 0 Å². The Hall–Kier alpha value is -0.910. The highest BCUT2D eigenvalue weighted by Crippen LogP contribution is 2.29. The molecule has 4 heteroatoms. The monoisotopic (exact) mass is 326 g/mol. The number of benzene rings is 1. The fourth-order valence-corrected chi connectivity index (χ4v) is 2.80. The zero-order valence-corrected chi connectivity index (χ0v) is 10.8. The first-order valence-corrected chi connectivity index (χ1v) is 6.48. The number of carbonyl (C=O) groups excluding carboxylic acids is 1. The number of hydrogen-bond acceptors (Lipinski definition) is 2. The van der Waals surface area contributed by atoms with Gasteiger partial charge in [0.15, 0.2) is 0 Å². The lowest BCUT2D eigenvalue weighted by Crippen LogP contribution is -2.35. The molecule has 0 bridgehead atoms. The molecule has 1 aromatic rings. The molecular weight excluding hydrogens is 315 g/mol. The largest absolute Gasteiger partial charge is 0.331 e. The fraction of sp³-hybridized carbons (Fsp3) is 0.333. The van der Waals surface area contributed by atoms with Gasteiger partial charge in [0.05, 0.1) is 17.3 Å². The van der Waals surface area contributed by atoms with Gasteiger partial charge in [0.25, 0.3) is 5.91 Å². The maximum Gasteiger partial charge on any atom is 0.256 e. The van der Waals surface area contributed by atoms with Gasteiger partial charge in [-0.05, 0) is 53.6 Å². The Balaban J connectivity index is 2.12. The van der Waals surface area contributed by atoms with E-state index in [0.717, 1.165) is 34.2 Å². The van der Waals surface area contributed by atoms with Crippen molar-refractivity contribution >= 4 is 40.4 Å². The van der Waals surface area contributed by atoms with E-state index in [1.807, 2.05) is 29.3 Å². The van der Waals surface area contributed by atoms with E-state index in [4.69, 9.17) is 0 Å². The van der Waals surface area contributed by atoms with E-state index in [2.05, 4.69) is 27.6 Å². The number of aliphatic imine (C=N–C) groups is 1. The standard InChI is InChI=1S/C12H11IN2O/c13-8-3-4-11-10(6-8)12(16)15-5-1-2-9(15)7-14-11/h3-4,6-7,9H,1-2,5H2/t9-/m0/s1. The molecule has 16 heavy (non-hydrogen) atoms. The third-order valence-electron chi connectivity index (χ3n) is 3.13.